The van der Waals surface area contributed by atoms with Crippen molar-refractivity contribution in [3.63, 3.8) is 0 Å². The topological polar surface area (TPSA) is 154 Å². The lowest BCUT2D eigenvalue weighted by Crippen LogP contribution is -2.56. The molecule has 0 aromatic heterocycles. The van der Waals surface area contributed by atoms with Crippen LogP contribution >= 0.6 is 0 Å². The largest absolute Gasteiger partial charge is 0.449 e. The van der Waals surface area contributed by atoms with Crippen molar-refractivity contribution >= 4 is 23.8 Å². The number of carbonyl (C=O) groups is 4. The smallest absolute Gasteiger partial charge is 0.410 e. The van der Waals surface area contributed by atoms with Crippen molar-refractivity contribution in [2.24, 2.45) is 17.4 Å². The van der Waals surface area contributed by atoms with Crippen LogP contribution < -0.4 is 11.5 Å². The van der Waals surface area contributed by atoms with Crippen LogP contribution in [-0.2, 0) is 23.8 Å². The summed E-state index contributed by atoms with van der Waals surface area (Å²) in [5, 5.41) is 0. The van der Waals surface area contributed by atoms with Crippen molar-refractivity contribution < 1.29 is 33.4 Å². The first-order valence-electron chi connectivity index (χ1n) is 16.5. The van der Waals surface area contributed by atoms with Gasteiger partial charge in [-0.25, -0.2) is 9.59 Å². The molecule has 11 nitrogen and oxygen atoms in total. The number of hydrogen-bond donors (Lipinski definition) is 2. The average molecular weight is 627 g/mol. The van der Waals surface area contributed by atoms with Gasteiger partial charge < -0.3 is 30.6 Å². The van der Waals surface area contributed by atoms with E-state index < -0.39 is 35.7 Å². The van der Waals surface area contributed by atoms with Gasteiger partial charge in [0, 0.05) is 24.8 Å². The first kappa shape index (κ1) is 34.3. The molecule has 0 aromatic rings. The predicted molar refractivity (Wildman–Crippen MR) is 170 cm³/mol. The summed E-state index contributed by atoms with van der Waals surface area (Å²) in [4.78, 5) is 54.5. The summed E-state index contributed by atoms with van der Waals surface area (Å²) in [7, 11) is 1.45. The first-order chi connectivity index (χ1) is 21.7. The van der Waals surface area contributed by atoms with E-state index in [9.17, 15) is 19.2 Å². The van der Waals surface area contributed by atoms with E-state index in [0.29, 0.717) is 6.61 Å². The van der Waals surface area contributed by atoms with Crippen LogP contribution in [-0.4, -0.2) is 78.2 Å². The Hall–Kier alpha value is -3.60. The zero-order valence-electron chi connectivity index (χ0n) is 27.1. The Bertz CT molecular complexity index is 1250. The molecule has 45 heavy (non-hydrogen) atoms. The highest BCUT2D eigenvalue weighted by Crippen LogP contribution is 2.59. The van der Waals surface area contributed by atoms with Gasteiger partial charge in [0.25, 0.3) is 0 Å². The Kier molecular flexibility index (Phi) is 11.9. The molecular formula is C34H50N4O7. The quantitative estimate of drug-likeness (QED) is 0.0924. The molecular weight excluding hydrogens is 576 g/mol. The van der Waals surface area contributed by atoms with Crippen LogP contribution in [0.5, 0.6) is 0 Å². The van der Waals surface area contributed by atoms with Crippen molar-refractivity contribution in [2.45, 2.75) is 109 Å². The Morgan fingerprint density at radius 1 is 0.933 bits per heavy atom. The molecule has 11 heteroatoms. The number of amides is 2. The van der Waals surface area contributed by atoms with Gasteiger partial charge in [0.15, 0.2) is 5.72 Å². The summed E-state index contributed by atoms with van der Waals surface area (Å²) in [6.07, 6.45) is 21.1. The summed E-state index contributed by atoms with van der Waals surface area (Å²) in [6.45, 7) is 4.02. The number of methoxy groups -OCH3 is 1. The Morgan fingerprint density at radius 2 is 1.58 bits per heavy atom. The molecule has 4 rings (SSSR count). The van der Waals surface area contributed by atoms with Crippen molar-refractivity contribution in [2.75, 3.05) is 26.9 Å². The number of piperazine rings is 1. The zero-order valence-corrected chi connectivity index (χ0v) is 27.1. The third kappa shape index (κ3) is 7.13. The first-order valence-corrected chi connectivity index (χ1v) is 16.5. The number of carbonyl (C=O) groups excluding carboxylic acids is 4. The number of unbranched alkanes of at least 4 members (excludes halogenated alkanes) is 9. The van der Waals surface area contributed by atoms with Gasteiger partial charge in [0.05, 0.1) is 30.0 Å². The predicted octanol–water partition coefficient (Wildman–Crippen LogP) is 5.01. The molecule has 3 heterocycles. The number of hydrogen-bond acceptors (Lipinski definition) is 9. The van der Waals surface area contributed by atoms with E-state index >= 15 is 0 Å². The fourth-order valence-corrected chi connectivity index (χ4v) is 7.05. The van der Waals surface area contributed by atoms with E-state index in [4.69, 9.17) is 25.7 Å². The molecule has 1 unspecified atom stereocenters. The zero-order chi connectivity index (χ0) is 32.6. The lowest BCUT2D eigenvalue weighted by atomic mass is 9.82. The number of allylic oxidation sites excluding steroid dienone is 6. The maximum atomic E-state index is 13.3. The van der Waals surface area contributed by atoms with Crippen LogP contribution in [0.15, 0.2) is 46.8 Å². The van der Waals surface area contributed by atoms with Gasteiger partial charge in [-0.05, 0) is 45.4 Å². The third-order valence-electron chi connectivity index (χ3n) is 9.47. The number of rotatable bonds is 18. The average Bonchev–Trinajstić information content (AvgIpc) is 3.54. The molecule has 4 aliphatic rings. The van der Waals surface area contributed by atoms with E-state index in [-0.39, 0.29) is 47.5 Å². The fraction of sp³-hybridized carbons (Fsp3) is 0.647. The number of ketones is 2. The van der Waals surface area contributed by atoms with Crippen molar-refractivity contribution in [3.8, 4) is 0 Å². The standard InChI is InChI=1S/C34H50N4O7/c1-4-5-6-7-8-9-10-11-12-13-14-15-16-17-18-19-20-44-33(42)38-25-21-37-28-26(30(40)27(35)23(2)29(28)39)24(22-45-32(36)41)34(37,43-3)31(25)38/h8-9,11-12,24-25,31H,4-7,10,13-22,35H2,1-3H3,(H2,36,41)/b9-8-,12-11-/t24-,25+,31+,34?,38?/m1/s1. The molecule has 0 saturated carbocycles. The molecule has 4 N–H and O–H groups in total. The number of nitrogens with two attached hydrogens (primary N) is 2. The molecule has 3 aliphatic heterocycles. The van der Waals surface area contributed by atoms with Crippen LogP contribution in [0.2, 0.25) is 0 Å². The summed E-state index contributed by atoms with van der Waals surface area (Å²) in [6, 6.07) is -0.773. The van der Waals surface area contributed by atoms with Gasteiger partial charge >= 0.3 is 12.2 Å². The fourth-order valence-electron chi connectivity index (χ4n) is 7.05. The van der Waals surface area contributed by atoms with Crippen molar-refractivity contribution in [1.82, 2.24) is 9.80 Å². The second-order valence-corrected chi connectivity index (χ2v) is 12.3. The van der Waals surface area contributed by atoms with Crippen molar-refractivity contribution in [3.05, 3.63) is 46.8 Å². The highest BCUT2D eigenvalue weighted by Gasteiger charge is 2.78. The third-order valence-corrected chi connectivity index (χ3v) is 9.47. The lowest BCUT2D eigenvalue weighted by Gasteiger charge is -2.40. The highest BCUT2D eigenvalue weighted by molar-refractivity contribution is 6.25. The number of fused-ring (bicyclic) bond motifs is 4. The summed E-state index contributed by atoms with van der Waals surface area (Å²) >= 11 is 0. The van der Waals surface area contributed by atoms with Crippen LogP contribution in [0.4, 0.5) is 9.59 Å². The molecule has 2 fully saturated rings. The van der Waals surface area contributed by atoms with E-state index in [0.717, 1.165) is 38.5 Å². The normalized spacial score (nSPS) is 25.4. The SMILES string of the molecule is CCCCC/C=C\C/C=C\CCCCCCCCOC(=O)N1[C@H]2[C@@H]1CN1C3=C(C(=O)C(N)=C(C)C3=O)[C@@H](COC(N)=O)C21OC. The van der Waals surface area contributed by atoms with Gasteiger partial charge in [0.1, 0.15) is 12.6 Å². The van der Waals surface area contributed by atoms with E-state index in [1.165, 1.54) is 52.6 Å². The molecule has 0 bridgehead atoms. The molecule has 2 saturated heterocycles. The Morgan fingerprint density at radius 3 is 2.22 bits per heavy atom. The lowest BCUT2D eigenvalue weighted by molar-refractivity contribution is -0.144. The minimum atomic E-state index is -1.29. The van der Waals surface area contributed by atoms with Crippen LogP contribution in [0.3, 0.4) is 0 Å². The van der Waals surface area contributed by atoms with Crippen LogP contribution in [0.25, 0.3) is 0 Å². The maximum Gasteiger partial charge on any atom is 0.410 e. The van der Waals surface area contributed by atoms with E-state index in [2.05, 4.69) is 31.2 Å². The van der Waals surface area contributed by atoms with E-state index in [1.54, 1.807) is 9.80 Å². The van der Waals surface area contributed by atoms with Gasteiger partial charge in [0.2, 0.25) is 11.6 Å². The Balaban J connectivity index is 1.19. The second-order valence-electron chi connectivity index (χ2n) is 12.3. The number of Topliss-reactive ketones (excluding diaryl/α,β-unsaturated/α-hetero) is 2. The molecule has 0 aromatic carbocycles. The molecule has 0 radical (unpaired) electrons. The molecule has 0 spiro atoms. The Labute approximate surface area is 266 Å². The highest BCUT2D eigenvalue weighted by atomic mass is 16.6. The van der Waals surface area contributed by atoms with Crippen molar-refractivity contribution in [1.29, 1.82) is 0 Å². The monoisotopic (exact) mass is 626 g/mol. The second kappa shape index (κ2) is 15.6. The molecule has 4 atom stereocenters. The molecule has 248 valence electrons. The summed E-state index contributed by atoms with van der Waals surface area (Å²) in [5.41, 5.74) is 10.3. The molecule has 2 amide bonds. The number of primary amides is 1. The number of ether oxygens (including phenoxy) is 3. The number of nitrogens with zero attached hydrogens (tertiary/aromatic N) is 2. The molecule has 1 aliphatic carbocycles. The summed E-state index contributed by atoms with van der Waals surface area (Å²) in [5.74, 6) is -1.75. The maximum absolute atomic E-state index is 13.3. The van der Waals surface area contributed by atoms with E-state index in [1.807, 2.05) is 0 Å². The minimum absolute atomic E-state index is 0.131. The van der Waals surface area contributed by atoms with Crippen LogP contribution in [0.1, 0.15) is 90.9 Å². The van der Waals surface area contributed by atoms with Gasteiger partial charge in [-0.2, -0.15) is 0 Å². The minimum Gasteiger partial charge on any atom is -0.449 e. The summed E-state index contributed by atoms with van der Waals surface area (Å²) < 4.78 is 16.8. The van der Waals surface area contributed by atoms with Gasteiger partial charge in [-0.3, -0.25) is 14.5 Å². The van der Waals surface area contributed by atoms with Gasteiger partial charge in [-0.15, -0.1) is 0 Å². The van der Waals surface area contributed by atoms with Crippen LogP contribution in [0, 0.1) is 5.92 Å². The van der Waals surface area contributed by atoms with Gasteiger partial charge in [-0.1, -0.05) is 69.8 Å².